The number of carbonyl (C=O) groups excluding carboxylic acids is 1. The minimum absolute atomic E-state index is 0.129. The Kier molecular flexibility index (Phi) is 5.65. The van der Waals surface area contributed by atoms with Gasteiger partial charge in [0.1, 0.15) is 0 Å². The summed E-state index contributed by atoms with van der Waals surface area (Å²) in [4.78, 5) is 18.3. The SMILES string of the molecule is CN(CC1CCCCC1O)C(=O)NCc1ccnc(-n2cccn2)c1. The third-order valence-electron chi connectivity index (χ3n) is 4.72. The first-order valence-corrected chi connectivity index (χ1v) is 8.75. The predicted molar refractivity (Wildman–Crippen MR) is 94.2 cm³/mol. The van der Waals surface area contributed by atoms with E-state index in [0.717, 1.165) is 37.1 Å². The topological polar surface area (TPSA) is 83.3 Å². The molecule has 1 fully saturated rings. The molecule has 1 aliphatic rings. The number of pyridine rings is 1. The van der Waals surface area contributed by atoms with E-state index in [2.05, 4.69) is 15.4 Å². The fourth-order valence-corrected chi connectivity index (χ4v) is 3.25. The molecule has 2 N–H and O–H groups in total. The van der Waals surface area contributed by atoms with Crippen LogP contribution in [-0.4, -0.2) is 50.5 Å². The van der Waals surface area contributed by atoms with Gasteiger partial charge in [0, 0.05) is 44.6 Å². The number of amides is 2. The average Bonchev–Trinajstić information content (AvgIpc) is 3.16. The lowest BCUT2D eigenvalue weighted by Crippen LogP contribution is -2.42. The van der Waals surface area contributed by atoms with Gasteiger partial charge in [-0.3, -0.25) is 0 Å². The molecule has 0 spiro atoms. The largest absolute Gasteiger partial charge is 0.393 e. The maximum absolute atomic E-state index is 12.3. The van der Waals surface area contributed by atoms with E-state index in [0.29, 0.717) is 13.1 Å². The standard InChI is InChI=1S/C18H25N5O2/c1-22(13-15-5-2-3-6-16(15)24)18(25)20-12-14-7-9-19-17(11-14)23-10-4-8-21-23/h4,7-11,15-16,24H,2-3,5-6,12-13H2,1H3,(H,20,25). The molecule has 2 aromatic rings. The van der Waals surface area contributed by atoms with Crippen LogP contribution < -0.4 is 5.32 Å². The van der Waals surface area contributed by atoms with Crippen LogP contribution in [0, 0.1) is 5.92 Å². The van der Waals surface area contributed by atoms with Gasteiger partial charge in [-0.05, 0) is 36.6 Å². The highest BCUT2D eigenvalue weighted by Gasteiger charge is 2.25. The van der Waals surface area contributed by atoms with E-state index in [1.54, 1.807) is 29.0 Å². The quantitative estimate of drug-likeness (QED) is 0.869. The molecule has 7 heteroatoms. The first kappa shape index (κ1) is 17.4. The summed E-state index contributed by atoms with van der Waals surface area (Å²) in [5.41, 5.74) is 0.958. The predicted octanol–water partition coefficient (Wildman–Crippen LogP) is 1.96. The molecule has 0 radical (unpaired) electrons. The molecule has 0 aliphatic heterocycles. The molecular formula is C18H25N5O2. The van der Waals surface area contributed by atoms with Crippen molar-refractivity contribution < 1.29 is 9.90 Å². The number of aromatic nitrogens is 3. The molecule has 134 valence electrons. The summed E-state index contributed by atoms with van der Waals surface area (Å²) in [6.07, 6.45) is 8.97. The lowest BCUT2D eigenvalue weighted by atomic mass is 9.86. The summed E-state index contributed by atoms with van der Waals surface area (Å²) in [5, 5.41) is 17.1. The summed E-state index contributed by atoms with van der Waals surface area (Å²) in [6, 6.07) is 5.48. The van der Waals surface area contributed by atoms with Crippen LogP contribution in [-0.2, 0) is 6.54 Å². The van der Waals surface area contributed by atoms with Gasteiger partial charge in [0.25, 0.3) is 0 Å². The van der Waals surface area contributed by atoms with E-state index in [-0.39, 0.29) is 18.1 Å². The molecule has 0 saturated heterocycles. The molecule has 3 rings (SSSR count). The number of aliphatic hydroxyl groups excluding tert-OH is 1. The molecule has 1 saturated carbocycles. The minimum Gasteiger partial charge on any atom is -0.393 e. The van der Waals surface area contributed by atoms with Crippen LogP contribution in [0.5, 0.6) is 0 Å². The Morgan fingerprint density at radius 3 is 3.00 bits per heavy atom. The molecule has 2 atom stereocenters. The molecule has 2 heterocycles. The zero-order chi connectivity index (χ0) is 17.6. The Labute approximate surface area is 147 Å². The van der Waals surface area contributed by atoms with Crippen molar-refractivity contribution in [2.75, 3.05) is 13.6 Å². The van der Waals surface area contributed by atoms with Gasteiger partial charge in [0.05, 0.1) is 6.10 Å². The van der Waals surface area contributed by atoms with Crippen LogP contribution in [0.15, 0.2) is 36.8 Å². The van der Waals surface area contributed by atoms with E-state index in [1.807, 2.05) is 24.4 Å². The summed E-state index contributed by atoms with van der Waals surface area (Å²) >= 11 is 0. The van der Waals surface area contributed by atoms with E-state index in [1.165, 1.54) is 0 Å². The molecule has 0 bridgehead atoms. The second kappa shape index (κ2) is 8.11. The van der Waals surface area contributed by atoms with E-state index in [4.69, 9.17) is 0 Å². The van der Waals surface area contributed by atoms with Crippen molar-refractivity contribution in [3.63, 3.8) is 0 Å². The van der Waals surface area contributed by atoms with Crippen molar-refractivity contribution >= 4 is 6.03 Å². The van der Waals surface area contributed by atoms with Gasteiger partial charge >= 0.3 is 6.03 Å². The maximum atomic E-state index is 12.3. The number of hydrogen-bond acceptors (Lipinski definition) is 4. The van der Waals surface area contributed by atoms with Gasteiger partial charge in [-0.1, -0.05) is 12.8 Å². The molecule has 0 aromatic carbocycles. The van der Waals surface area contributed by atoms with E-state index >= 15 is 0 Å². The summed E-state index contributed by atoms with van der Waals surface area (Å²) in [6.45, 7) is 1.01. The highest BCUT2D eigenvalue weighted by atomic mass is 16.3. The number of carbonyl (C=O) groups is 1. The second-order valence-electron chi connectivity index (χ2n) is 6.62. The Balaban J connectivity index is 1.52. The Hall–Kier alpha value is -2.41. The van der Waals surface area contributed by atoms with Gasteiger partial charge < -0.3 is 15.3 Å². The number of hydrogen-bond donors (Lipinski definition) is 2. The first-order valence-electron chi connectivity index (χ1n) is 8.75. The van der Waals surface area contributed by atoms with E-state index < -0.39 is 0 Å². The summed E-state index contributed by atoms with van der Waals surface area (Å²) in [5.74, 6) is 0.896. The highest BCUT2D eigenvalue weighted by molar-refractivity contribution is 5.73. The molecule has 2 unspecified atom stereocenters. The summed E-state index contributed by atoms with van der Waals surface area (Å²) < 4.78 is 1.68. The fourth-order valence-electron chi connectivity index (χ4n) is 3.25. The lowest BCUT2D eigenvalue weighted by Gasteiger charge is -2.31. The number of nitrogens with one attached hydrogen (secondary N) is 1. The zero-order valence-corrected chi connectivity index (χ0v) is 14.5. The molecule has 2 amide bonds. The molecule has 2 aromatic heterocycles. The Morgan fingerprint density at radius 1 is 1.40 bits per heavy atom. The first-order chi connectivity index (χ1) is 12.1. The van der Waals surface area contributed by atoms with Crippen molar-refractivity contribution in [3.05, 3.63) is 42.4 Å². The third kappa shape index (κ3) is 4.57. The third-order valence-corrected chi connectivity index (χ3v) is 4.72. The highest BCUT2D eigenvalue weighted by Crippen LogP contribution is 2.24. The van der Waals surface area contributed by atoms with Crippen molar-refractivity contribution in [1.29, 1.82) is 0 Å². The fraction of sp³-hybridized carbons (Fsp3) is 0.500. The van der Waals surface area contributed by atoms with Crippen LogP contribution in [0.2, 0.25) is 0 Å². The van der Waals surface area contributed by atoms with Crippen LogP contribution >= 0.6 is 0 Å². The van der Waals surface area contributed by atoms with Crippen molar-refractivity contribution in [2.45, 2.75) is 38.3 Å². The number of urea groups is 1. The molecule has 7 nitrogen and oxygen atoms in total. The number of rotatable bonds is 5. The van der Waals surface area contributed by atoms with Gasteiger partial charge in [0.15, 0.2) is 5.82 Å². The monoisotopic (exact) mass is 343 g/mol. The van der Waals surface area contributed by atoms with Crippen LogP contribution in [0.4, 0.5) is 4.79 Å². The zero-order valence-electron chi connectivity index (χ0n) is 14.5. The van der Waals surface area contributed by atoms with Gasteiger partial charge in [0.2, 0.25) is 0 Å². The Morgan fingerprint density at radius 2 is 2.24 bits per heavy atom. The van der Waals surface area contributed by atoms with E-state index in [9.17, 15) is 9.90 Å². The molecule has 1 aliphatic carbocycles. The second-order valence-corrected chi connectivity index (χ2v) is 6.62. The number of aliphatic hydroxyl groups is 1. The lowest BCUT2D eigenvalue weighted by molar-refractivity contribution is 0.0565. The number of nitrogens with zero attached hydrogens (tertiary/aromatic N) is 4. The van der Waals surface area contributed by atoms with Crippen molar-refractivity contribution in [3.8, 4) is 5.82 Å². The van der Waals surface area contributed by atoms with Crippen LogP contribution in [0.1, 0.15) is 31.2 Å². The van der Waals surface area contributed by atoms with Crippen molar-refractivity contribution in [1.82, 2.24) is 25.0 Å². The smallest absolute Gasteiger partial charge is 0.317 e. The van der Waals surface area contributed by atoms with Gasteiger partial charge in [-0.15, -0.1) is 0 Å². The Bertz CT molecular complexity index is 689. The van der Waals surface area contributed by atoms with Crippen molar-refractivity contribution in [2.24, 2.45) is 5.92 Å². The maximum Gasteiger partial charge on any atom is 0.317 e. The minimum atomic E-state index is -0.291. The molecular weight excluding hydrogens is 318 g/mol. The van der Waals surface area contributed by atoms with Gasteiger partial charge in [-0.25, -0.2) is 14.5 Å². The average molecular weight is 343 g/mol. The summed E-state index contributed by atoms with van der Waals surface area (Å²) in [7, 11) is 1.78. The normalized spacial score (nSPS) is 20.2. The van der Waals surface area contributed by atoms with Crippen LogP contribution in [0.3, 0.4) is 0 Å². The van der Waals surface area contributed by atoms with Crippen LogP contribution in [0.25, 0.3) is 5.82 Å². The van der Waals surface area contributed by atoms with Gasteiger partial charge in [-0.2, -0.15) is 5.10 Å². The molecule has 25 heavy (non-hydrogen) atoms.